The molecule has 0 saturated heterocycles. The number of ether oxygens (including phenoxy) is 3. The minimum absolute atomic E-state index is 0.0823. The summed E-state index contributed by atoms with van der Waals surface area (Å²) < 4.78 is 16.9. The highest BCUT2D eigenvalue weighted by molar-refractivity contribution is 5.71. The van der Waals surface area contributed by atoms with Gasteiger partial charge in [0.25, 0.3) is 0 Å². The minimum atomic E-state index is -0.787. The van der Waals surface area contributed by atoms with Gasteiger partial charge >= 0.3 is 17.9 Å². The topological polar surface area (TPSA) is 78.9 Å². The van der Waals surface area contributed by atoms with E-state index >= 15 is 0 Å². The zero-order chi connectivity index (χ0) is 55.7. The third-order valence-electron chi connectivity index (χ3n) is 14.7. The van der Waals surface area contributed by atoms with Gasteiger partial charge in [-0.1, -0.05) is 280 Å². The predicted molar refractivity (Wildman–Crippen MR) is 335 cm³/mol. The maximum atomic E-state index is 12.9. The van der Waals surface area contributed by atoms with Crippen LogP contribution in [0.5, 0.6) is 0 Å². The fraction of sp³-hybridized carbons (Fsp3) is 0.789. The molecule has 0 saturated carbocycles. The Morgan fingerprint density at radius 1 is 0.260 bits per heavy atom. The summed E-state index contributed by atoms with van der Waals surface area (Å²) in [4.78, 5) is 38.4. The van der Waals surface area contributed by atoms with Crippen LogP contribution < -0.4 is 0 Å². The van der Waals surface area contributed by atoms with Gasteiger partial charge in [-0.05, 0) is 116 Å². The van der Waals surface area contributed by atoms with Crippen molar-refractivity contribution in [2.45, 2.75) is 348 Å². The number of unbranched alkanes of at least 4 members (excludes halogenated alkanes) is 38. The molecule has 6 heteroatoms. The normalized spacial score (nSPS) is 12.5. The molecule has 0 bridgehead atoms. The number of hydrogen-bond donors (Lipinski definition) is 0. The van der Waals surface area contributed by atoms with Crippen molar-refractivity contribution in [3.05, 3.63) is 72.9 Å². The van der Waals surface area contributed by atoms with Crippen LogP contribution in [-0.2, 0) is 28.6 Å². The number of rotatable bonds is 61. The Bertz CT molecular complexity index is 1420. The highest BCUT2D eigenvalue weighted by Crippen LogP contribution is 2.16. The van der Waals surface area contributed by atoms with E-state index in [1.807, 2.05) is 0 Å². The third kappa shape index (κ3) is 63.6. The van der Waals surface area contributed by atoms with E-state index in [0.29, 0.717) is 19.3 Å². The second-order valence-electron chi connectivity index (χ2n) is 22.4. The molecule has 0 aromatic carbocycles. The molecule has 1 unspecified atom stereocenters. The van der Waals surface area contributed by atoms with Crippen molar-refractivity contribution < 1.29 is 28.6 Å². The summed E-state index contributed by atoms with van der Waals surface area (Å²) >= 11 is 0. The van der Waals surface area contributed by atoms with Gasteiger partial charge in [0.2, 0.25) is 0 Å². The zero-order valence-electron chi connectivity index (χ0n) is 51.2. The lowest BCUT2D eigenvalue weighted by molar-refractivity contribution is -0.167. The molecule has 0 spiro atoms. The fourth-order valence-electron chi connectivity index (χ4n) is 9.59. The summed E-state index contributed by atoms with van der Waals surface area (Å²) in [5.74, 6) is -0.888. The molecule has 0 rings (SSSR count). The Balaban J connectivity index is 4.35. The van der Waals surface area contributed by atoms with E-state index in [1.54, 1.807) is 0 Å². The molecule has 77 heavy (non-hydrogen) atoms. The van der Waals surface area contributed by atoms with Crippen LogP contribution in [0.3, 0.4) is 0 Å². The maximum absolute atomic E-state index is 12.9. The Kier molecular flexibility index (Phi) is 62.7. The van der Waals surface area contributed by atoms with Crippen LogP contribution in [0, 0.1) is 0 Å². The van der Waals surface area contributed by atoms with Gasteiger partial charge in [0.1, 0.15) is 13.2 Å². The van der Waals surface area contributed by atoms with Crippen LogP contribution in [0.4, 0.5) is 0 Å². The number of hydrogen-bond acceptors (Lipinski definition) is 6. The molecule has 0 aliphatic carbocycles. The van der Waals surface area contributed by atoms with Crippen LogP contribution in [0.2, 0.25) is 0 Å². The van der Waals surface area contributed by atoms with Crippen molar-refractivity contribution in [2.24, 2.45) is 0 Å². The molecule has 0 aliphatic heterocycles. The van der Waals surface area contributed by atoms with Crippen molar-refractivity contribution in [3.63, 3.8) is 0 Å². The van der Waals surface area contributed by atoms with E-state index in [4.69, 9.17) is 14.2 Å². The van der Waals surface area contributed by atoms with E-state index in [0.717, 1.165) is 89.9 Å². The van der Waals surface area contributed by atoms with Crippen molar-refractivity contribution in [2.75, 3.05) is 13.2 Å². The molecule has 0 fully saturated rings. The van der Waals surface area contributed by atoms with Gasteiger partial charge in [-0.3, -0.25) is 14.4 Å². The number of esters is 3. The molecular formula is C71H126O6. The van der Waals surface area contributed by atoms with Gasteiger partial charge in [0.05, 0.1) is 0 Å². The summed E-state index contributed by atoms with van der Waals surface area (Å²) in [5, 5.41) is 0. The fourth-order valence-corrected chi connectivity index (χ4v) is 9.59. The van der Waals surface area contributed by atoms with E-state index in [-0.39, 0.29) is 31.1 Å². The lowest BCUT2D eigenvalue weighted by atomic mass is 10.1. The van der Waals surface area contributed by atoms with Gasteiger partial charge < -0.3 is 14.2 Å². The zero-order valence-corrected chi connectivity index (χ0v) is 51.2. The van der Waals surface area contributed by atoms with E-state index in [2.05, 4.69) is 93.7 Å². The monoisotopic (exact) mass is 1070 g/mol. The van der Waals surface area contributed by atoms with Crippen LogP contribution in [0.1, 0.15) is 342 Å². The lowest BCUT2D eigenvalue weighted by Crippen LogP contribution is -2.30. The first-order valence-corrected chi connectivity index (χ1v) is 33.4. The predicted octanol–water partition coefficient (Wildman–Crippen LogP) is 22.9. The van der Waals surface area contributed by atoms with Crippen LogP contribution in [0.15, 0.2) is 72.9 Å². The molecule has 1 atom stereocenters. The SMILES string of the molecule is CCCCCC/C=C\C/C=C\CCCCCCCC(=O)OCC(COC(=O)CCCCCCCCCCCC/C=C\C/C=C\C/C=C\CCCCCCC)OC(=O)CCCCCCCCC/C=C\CCCCCCCCC. The highest BCUT2D eigenvalue weighted by Gasteiger charge is 2.19. The summed E-state index contributed by atoms with van der Waals surface area (Å²) in [6.45, 7) is 6.63. The van der Waals surface area contributed by atoms with Crippen molar-refractivity contribution in [1.29, 1.82) is 0 Å². The van der Waals surface area contributed by atoms with Crippen LogP contribution in [0.25, 0.3) is 0 Å². The average molecular weight is 1080 g/mol. The van der Waals surface area contributed by atoms with Crippen LogP contribution in [-0.4, -0.2) is 37.2 Å². The van der Waals surface area contributed by atoms with Crippen LogP contribution >= 0.6 is 0 Å². The van der Waals surface area contributed by atoms with Crippen molar-refractivity contribution in [3.8, 4) is 0 Å². The molecule has 446 valence electrons. The lowest BCUT2D eigenvalue weighted by Gasteiger charge is -2.18. The van der Waals surface area contributed by atoms with E-state index < -0.39 is 6.10 Å². The maximum Gasteiger partial charge on any atom is 0.306 e. The molecule has 0 N–H and O–H groups in total. The molecule has 0 aromatic heterocycles. The summed E-state index contributed by atoms with van der Waals surface area (Å²) in [5.41, 5.74) is 0. The summed E-state index contributed by atoms with van der Waals surface area (Å²) in [7, 11) is 0. The quantitative estimate of drug-likeness (QED) is 0.0261. The van der Waals surface area contributed by atoms with E-state index in [1.165, 1.54) is 212 Å². The smallest absolute Gasteiger partial charge is 0.306 e. The molecule has 0 amide bonds. The van der Waals surface area contributed by atoms with E-state index in [9.17, 15) is 14.4 Å². The van der Waals surface area contributed by atoms with Gasteiger partial charge in [-0.15, -0.1) is 0 Å². The Hall–Kier alpha value is -3.15. The van der Waals surface area contributed by atoms with Gasteiger partial charge in [-0.2, -0.15) is 0 Å². The number of allylic oxidation sites excluding steroid dienone is 12. The minimum Gasteiger partial charge on any atom is -0.462 e. The summed E-state index contributed by atoms with van der Waals surface area (Å²) in [6.07, 6.45) is 84.8. The average Bonchev–Trinajstić information content (AvgIpc) is 3.43. The Labute approximate surface area is 478 Å². The first-order valence-electron chi connectivity index (χ1n) is 33.4. The third-order valence-corrected chi connectivity index (χ3v) is 14.7. The molecule has 6 nitrogen and oxygen atoms in total. The molecule has 0 aliphatic rings. The van der Waals surface area contributed by atoms with Gasteiger partial charge in [0.15, 0.2) is 6.10 Å². The summed E-state index contributed by atoms with van der Waals surface area (Å²) in [6, 6.07) is 0. The number of carbonyl (C=O) groups excluding carboxylic acids is 3. The Morgan fingerprint density at radius 2 is 0.468 bits per heavy atom. The van der Waals surface area contributed by atoms with Gasteiger partial charge in [0, 0.05) is 19.3 Å². The standard InChI is InChI=1S/C71H126O6/c1-4-7-10-13-16-19-22-25-28-31-33-34-35-36-37-38-39-41-43-46-49-52-55-58-61-64-70(73)76-67-68(66-75-69(72)63-60-57-54-51-48-45-42-30-27-24-21-18-15-12-9-6-3)77-71(74)65-62-59-56-53-50-47-44-40-32-29-26-23-20-17-14-11-8-5-2/h21-22,24-25,29-33,35-36,42,68H,4-20,23,26-28,34,37-41,43-67H2,1-3H3/b24-21-,25-22-,32-29-,33-31-,36-35-,42-30-. The molecule has 0 aromatic rings. The molecule has 0 radical (unpaired) electrons. The Morgan fingerprint density at radius 3 is 0.753 bits per heavy atom. The molecular weight excluding hydrogens is 949 g/mol. The molecule has 0 heterocycles. The number of carbonyl (C=O) groups is 3. The first kappa shape index (κ1) is 73.8. The first-order chi connectivity index (χ1) is 38.0. The highest BCUT2D eigenvalue weighted by atomic mass is 16.6. The van der Waals surface area contributed by atoms with Crippen molar-refractivity contribution in [1.82, 2.24) is 0 Å². The largest absolute Gasteiger partial charge is 0.462 e. The van der Waals surface area contributed by atoms with Crippen molar-refractivity contribution >= 4 is 17.9 Å². The second-order valence-corrected chi connectivity index (χ2v) is 22.4. The van der Waals surface area contributed by atoms with Gasteiger partial charge in [-0.25, -0.2) is 0 Å². The second kappa shape index (κ2) is 65.4.